The maximum absolute atomic E-state index is 13.0. The summed E-state index contributed by atoms with van der Waals surface area (Å²) in [6.07, 6.45) is 8.61. The fraction of sp³-hybridized carbons (Fsp3) is 0.909. The Hall–Kier alpha value is -0.940. The molecular weight excluding hydrogens is 338 g/mol. The summed E-state index contributed by atoms with van der Waals surface area (Å²) in [5.74, 6) is 1.74. The number of piperidine rings is 1. The standard InChI is InChI=1S/C22H39N3O2/c1-18(26)20-7-9-21(10-8-20)22(27)25-12-4-6-19(17-25)5-3-11-24-15-13-23(2)14-16-24/h19-21H,3-17H2,1-2H3. The minimum atomic E-state index is 0.171. The molecule has 1 unspecified atom stereocenters. The van der Waals surface area contributed by atoms with E-state index in [-0.39, 0.29) is 11.8 Å². The van der Waals surface area contributed by atoms with E-state index in [0.717, 1.165) is 45.2 Å². The van der Waals surface area contributed by atoms with Crippen LogP contribution in [-0.2, 0) is 9.59 Å². The van der Waals surface area contributed by atoms with Crippen molar-refractivity contribution in [2.75, 3.05) is 52.9 Å². The van der Waals surface area contributed by atoms with Crippen LogP contribution in [0.2, 0.25) is 0 Å². The van der Waals surface area contributed by atoms with E-state index in [1.165, 1.54) is 52.0 Å². The maximum atomic E-state index is 13.0. The first-order valence-electron chi connectivity index (χ1n) is 11.2. The Morgan fingerprint density at radius 3 is 2.22 bits per heavy atom. The van der Waals surface area contributed by atoms with Crippen molar-refractivity contribution in [1.82, 2.24) is 14.7 Å². The van der Waals surface area contributed by atoms with E-state index in [2.05, 4.69) is 21.7 Å². The Morgan fingerprint density at radius 2 is 1.56 bits per heavy atom. The summed E-state index contributed by atoms with van der Waals surface area (Å²) in [5, 5.41) is 0. The first-order valence-corrected chi connectivity index (χ1v) is 11.2. The molecule has 0 N–H and O–H groups in total. The number of carbonyl (C=O) groups is 2. The molecule has 0 radical (unpaired) electrons. The van der Waals surface area contributed by atoms with Crippen LogP contribution in [0.1, 0.15) is 58.3 Å². The van der Waals surface area contributed by atoms with Crippen molar-refractivity contribution in [3.8, 4) is 0 Å². The number of ketones is 1. The third-order valence-corrected chi connectivity index (χ3v) is 7.16. The van der Waals surface area contributed by atoms with Crippen molar-refractivity contribution in [2.45, 2.75) is 58.3 Å². The fourth-order valence-corrected chi connectivity index (χ4v) is 5.18. The molecule has 1 atom stereocenters. The molecule has 3 fully saturated rings. The summed E-state index contributed by atoms with van der Waals surface area (Å²) >= 11 is 0. The molecule has 3 aliphatic rings. The van der Waals surface area contributed by atoms with Gasteiger partial charge in [-0.3, -0.25) is 9.59 Å². The number of Topliss-reactive ketones (excluding diaryl/α,β-unsaturated/α-hetero) is 1. The fourth-order valence-electron chi connectivity index (χ4n) is 5.18. The van der Waals surface area contributed by atoms with E-state index in [9.17, 15) is 9.59 Å². The summed E-state index contributed by atoms with van der Waals surface area (Å²) in [6, 6.07) is 0. The van der Waals surface area contributed by atoms with Crippen molar-refractivity contribution < 1.29 is 9.59 Å². The number of likely N-dealkylation sites (tertiary alicyclic amines) is 1. The third-order valence-electron chi connectivity index (χ3n) is 7.16. The predicted molar refractivity (Wildman–Crippen MR) is 109 cm³/mol. The largest absolute Gasteiger partial charge is 0.342 e. The van der Waals surface area contributed by atoms with Gasteiger partial charge in [0.25, 0.3) is 0 Å². The van der Waals surface area contributed by atoms with Gasteiger partial charge in [0.1, 0.15) is 5.78 Å². The Morgan fingerprint density at radius 1 is 0.889 bits per heavy atom. The molecule has 0 aromatic rings. The van der Waals surface area contributed by atoms with Gasteiger partial charge < -0.3 is 14.7 Å². The summed E-state index contributed by atoms with van der Waals surface area (Å²) in [6.45, 7) is 9.62. The molecule has 1 amide bonds. The lowest BCUT2D eigenvalue weighted by molar-refractivity contribution is -0.139. The molecule has 5 heteroatoms. The highest BCUT2D eigenvalue weighted by molar-refractivity contribution is 5.81. The van der Waals surface area contributed by atoms with Gasteiger partial charge in [-0.15, -0.1) is 0 Å². The molecule has 2 heterocycles. The molecule has 2 saturated heterocycles. The van der Waals surface area contributed by atoms with E-state index in [1.807, 2.05) is 0 Å². The van der Waals surface area contributed by atoms with Crippen LogP contribution in [-0.4, -0.2) is 79.3 Å². The Labute approximate surface area is 165 Å². The van der Waals surface area contributed by atoms with Gasteiger partial charge in [-0.05, 0) is 77.8 Å². The summed E-state index contributed by atoms with van der Waals surface area (Å²) in [4.78, 5) is 31.7. The van der Waals surface area contributed by atoms with E-state index >= 15 is 0 Å². The van der Waals surface area contributed by atoms with Crippen molar-refractivity contribution in [2.24, 2.45) is 17.8 Å². The van der Waals surface area contributed by atoms with Gasteiger partial charge in [0.05, 0.1) is 0 Å². The van der Waals surface area contributed by atoms with Gasteiger partial charge in [0.15, 0.2) is 0 Å². The van der Waals surface area contributed by atoms with Crippen LogP contribution < -0.4 is 0 Å². The van der Waals surface area contributed by atoms with Crippen LogP contribution in [0.4, 0.5) is 0 Å². The third kappa shape index (κ3) is 6.02. The number of carbonyl (C=O) groups excluding carboxylic acids is 2. The monoisotopic (exact) mass is 377 g/mol. The van der Waals surface area contributed by atoms with E-state index in [1.54, 1.807) is 6.92 Å². The normalized spacial score (nSPS) is 31.0. The Kier molecular flexibility index (Phi) is 7.71. The van der Waals surface area contributed by atoms with Crippen LogP contribution in [0, 0.1) is 17.8 Å². The van der Waals surface area contributed by atoms with Crippen LogP contribution in [0.5, 0.6) is 0 Å². The highest BCUT2D eigenvalue weighted by Gasteiger charge is 2.32. The lowest BCUT2D eigenvalue weighted by atomic mass is 9.79. The lowest BCUT2D eigenvalue weighted by Gasteiger charge is -2.37. The van der Waals surface area contributed by atoms with Crippen LogP contribution in [0.3, 0.4) is 0 Å². The van der Waals surface area contributed by atoms with Gasteiger partial charge in [-0.2, -0.15) is 0 Å². The van der Waals surface area contributed by atoms with Gasteiger partial charge in [0.2, 0.25) is 5.91 Å². The average Bonchev–Trinajstić information content (AvgIpc) is 2.69. The number of hydrogen-bond acceptors (Lipinski definition) is 4. The van der Waals surface area contributed by atoms with Crippen molar-refractivity contribution in [3.05, 3.63) is 0 Å². The van der Waals surface area contributed by atoms with E-state index < -0.39 is 0 Å². The quantitative estimate of drug-likeness (QED) is 0.714. The average molecular weight is 378 g/mol. The van der Waals surface area contributed by atoms with E-state index in [0.29, 0.717) is 17.6 Å². The molecule has 0 aromatic carbocycles. The zero-order chi connectivity index (χ0) is 19.2. The molecule has 0 bridgehead atoms. The van der Waals surface area contributed by atoms with Gasteiger partial charge in [-0.25, -0.2) is 0 Å². The molecule has 3 rings (SSSR count). The Bertz CT molecular complexity index is 494. The van der Waals surface area contributed by atoms with Crippen molar-refractivity contribution in [1.29, 1.82) is 0 Å². The zero-order valence-corrected chi connectivity index (χ0v) is 17.5. The topological polar surface area (TPSA) is 43.9 Å². The minimum absolute atomic E-state index is 0.171. The number of hydrogen-bond donors (Lipinski definition) is 0. The van der Waals surface area contributed by atoms with Gasteiger partial charge >= 0.3 is 0 Å². The molecule has 1 saturated carbocycles. The Balaban J connectivity index is 1.37. The number of amides is 1. The molecule has 5 nitrogen and oxygen atoms in total. The number of rotatable bonds is 6. The summed E-state index contributed by atoms with van der Waals surface area (Å²) in [5.41, 5.74) is 0. The van der Waals surface area contributed by atoms with Gasteiger partial charge in [0, 0.05) is 51.1 Å². The number of piperazine rings is 1. The van der Waals surface area contributed by atoms with E-state index in [4.69, 9.17) is 0 Å². The van der Waals surface area contributed by atoms with Crippen molar-refractivity contribution >= 4 is 11.7 Å². The second-order valence-electron chi connectivity index (χ2n) is 9.24. The highest BCUT2D eigenvalue weighted by Crippen LogP contribution is 2.32. The van der Waals surface area contributed by atoms with Crippen LogP contribution in [0.25, 0.3) is 0 Å². The smallest absolute Gasteiger partial charge is 0.225 e. The second kappa shape index (κ2) is 10.0. The molecular formula is C22H39N3O2. The van der Waals surface area contributed by atoms with Crippen LogP contribution in [0.15, 0.2) is 0 Å². The zero-order valence-electron chi connectivity index (χ0n) is 17.5. The summed E-state index contributed by atoms with van der Waals surface area (Å²) in [7, 11) is 2.21. The molecule has 1 aliphatic carbocycles. The molecule has 0 aromatic heterocycles. The number of nitrogens with zero attached hydrogens (tertiary/aromatic N) is 3. The SMILES string of the molecule is CC(=O)C1CCC(C(=O)N2CCCC(CCCN3CCN(C)CC3)C2)CC1. The first kappa shape index (κ1) is 20.8. The van der Waals surface area contributed by atoms with Crippen LogP contribution >= 0.6 is 0 Å². The lowest BCUT2D eigenvalue weighted by Crippen LogP contribution is -2.45. The van der Waals surface area contributed by atoms with Crippen molar-refractivity contribution in [3.63, 3.8) is 0 Å². The van der Waals surface area contributed by atoms with Gasteiger partial charge in [-0.1, -0.05) is 0 Å². The number of likely N-dealkylation sites (N-methyl/N-ethyl adjacent to an activating group) is 1. The minimum Gasteiger partial charge on any atom is -0.342 e. The second-order valence-corrected chi connectivity index (χ2v) is 9.24. The summed E-state index contributed by atoms with van der Waals surface area (Å²) < 4.78 is 0. The molecule has 2 aliphatic heterocycles. The molecule has 0 spiro atoms. The first-order chi connectivity index (χ1) is 13.0. The maximum Gasteiger partial charge on any atom is 0.225 e. The highest BCUT2D eigenvalue weighted by atomic mass is 16.2. The predicted octanol–water partition coefficient (Wildman–Crippen LogP) is 2.65. The molecule has 27 heavy (non-hydrogen) atoms. The molecule has 154 valence electrons.